The first-order valence-corrected chi connectivity index (χ1v) is 6.22. The van der Waals surface area contributed by atoms with Gasteiger partial charge in [-0.15, -0.1) is 0 Å². The van der Waals surface area contributed by atoms with Gasteiger partial charge in [0.1, 0.15) is 5.82 Å². The minimum absolute atomic E-state index is 0.197. The van der Waals surface area contributed by atoms with Gasteiger partial charge in [-0.2, -0.15) is 0 Å². The fraction of sp³-hybridized carbons (Fsp3) is 0.333. The van der Waals surface area contributed by atoms with E-state index in [-0.39, 0.29) is 5.82 Å². The lowest BCUT2D eigenvalue weighted by Gasteiger charge is -2.05. The molecule has 0 saturated carbocycles. The predicted octanol–water partition coefficient (Wildman–Crippen LogP) is 3.15. The van der Waals surface area contributed by atoms with Crippen molar-refractivity contribution in [3.05, 3.63) is 34.2 Å². The van der Waals surface area contributed by atoms with Crippen molar-refractivity contribution in [3.8, 4) is 0 Å². The third kappa shape index (κ3) is 1.57. The number of rotatable bonds is 1. The largest absolute Gasteiger partial charge is 0.357 e. The average Bonchev–Trinajstić information content (AvgIpc) is 2.86. The predicted molar refractivity (Wildman–Crippen MR) is 66.2 cm³/mol. The molecule has 2 aromatic rings. The summed E-state index contributed by atoms with van der Waals surface area (Å²) in [5.41, 5.74) is 2.05. The van der Waals surface area contributed by atoms with Crippen molar-refractivity contribution >= 4 is 26.8 Å². The van der Waals surface area contributed by atoms with Crippen LogP contribution in [0.15, 0.2) is 22.7 Å². The van der Waals surface area contributed by atoms with Gasteiger partial charge in [-0.1, -0.05) is 0 Å². The molecule has 2 nitrogen and oxygen atoms in total. The van der Waals surface area contributed by atoms with Crippen molar-refractivity contribution < 1.29 is 4.39 Å². The molecule has 1 atom stereocenters. The van der Waals surface area contributed by atoms with E-state index < -0.39 is 0 Å². The van der Waals surface area contributed by atoms with Gasteiger partial charge in [0, 0.05) is 33.5 Å². The topological polar surface area (TPSA) is 27.8 Å². The molecule has 84 valence electrons. The molecule has 1 fully saturated rings. The Bertz CT molecular complexity index is 529. The number of H-pyrrole nitrogens is 1. The summed E-state index contributed by atoms with van der Waals surface area (Å²) in [6, 6.07) is 4.86. The fourth-order valence-electron chi connectivity index (χ4n) is 2.34. The lowest BCUT2D eigenvalue weighted by molar-refractivity contribution is 0.629. The highest BCUT2D eigenvalue weighted by molar-refractivity contribution is 9.10. The van der Waals surface area contributed by atoms with E-state index in [1.807, 2.05) is 6.07 Å². The second-order valence-corrected chi connectivity index (χ2v) is 5.03. The Labute approximate surface area is 101 Å². The molecule has 4 heteroatoms. The maximum absolute atomic E-state index is 13.1. The zero-order valence-electron chi connectivity index (χ0n) is 8.69. The lowest BCUT2D eigenvalue weighted by atomic mass is 10.1. The first-order valence-electron chi connectivity index (χ1n) is 5.43. The number of hydrogen-bond donors (Lipinski definition) is 2. The van der Waals surface area contributed by atoms with Gasteiger partial charge >= 0.3 is 0 Å². The molecule has 1 saturated heterocycles. The van der Waals surface area contributed by atoms with Crippen molar-refractivity contribution in [1.82, 2.24) is 10.3 Å². The summed E-state index contributed by atoms with van der Waals surface area (Å²) >= 11 is 3.60. The van der Waals surface area contributed by atoms with Crippen LogP contribution in [0.25, 0.3) is 10.9 Å². The van der Waals surface area contributed by atoms with E-state index in [0.717, 1.165) is 34.9 Å². The molecule has 3 rings (SSSR count). The Morgan fingerprint density at radius 2 is 2.25 bits per heavy atom. The number of hydrogen-bond acceptors (Lipinski definition) is 1. The molecule has 16 heavy (non-hydrogen) atoms. The summed E-state index contributed by atoms with van der Waals surface area (Å²) in [6.45, 7) is 2.05. The van der Waals surface area contributed by atoms with E-state index in [1.54, 1.807) is 6.07 Å². The molecule has 1 aromatic heterocycles. The van der Waals surface area contributed by atoms with Gasteiger partial charge in [-0.25, -0.2) is 4.39 Å². The summed E-state index contributed by atoms with van der Waals surface area (Å²) in [6.07, 6.45) is 1.13. The molecule has 0 spiro atoms. The average molecular weight is 283 g/mol. The van der Waals surface area contributed by atoms with E-state index in [0.29, 0.717) is 5.92 Å². The molecule has 0 aliphatic carbocycles. The lowest BCUT2D eigenvalue weighted by Crippen LogP contribution is -2.08. The van der Waals surface area contributed by atoms with E-state index in [2.05, 4.69) is 26.2 Å². The minimum atomic E-state index is -0.197. The number of halogens is 2. The van der Waals surface area contributed by atoms with Gasteiger partial charge in [-0.05, 0) is 47.1 Å². The maximum Gasteiger partial charge on any atom is 0.125 e. The van der Waals surface area contributed by atoms with Gasteiger partial charge in [-0.3, -0.25) is 0 Å². The van der Waals surface area contributed by atoms with E-state index >= 15 is 0 Å². The highest BCUT2D eigenvalue weighted by atomic mass is 79.9. The molecular formula is C12H12BrFN2. The van der Waals surface area contributed by atoms with E-state index in [9.17, 15) is 4.39 Å². The molecule has 1 aliphatic heterocycles. The van der Waals surface area contributed by atoms with Crippen molar-refractivity contribution in [1.29, 1.82) is 0 Å². The van der Waals surface area contributed by atoms with Crippen LogP contribution in [0.3, 0.4) is 0 Å². The first kappa shape index (κ1) is 10.3. The van der Waals surface area contributed by atoms with Gasteiger partial charge in [0.05, 0.1) is 0 Å². The summed E-state index contributed by atoms with van der Waals surface area (Å²) in [5.74, 6) is 0.308. The number of aromatic nitrogens is 1. The number of aromatic amines is 1. The van der Waals surface area contributed by atoms with Crippen LogP contribution in [0.1, 0.15) is 18.0 Å². The summed E-state index contributed by atoms with van der Waals surface area (Å²) in [7, 11) is 0. The van der Waals surface area contributed by atoms with Gasteiger partial charge < -0.3 is 10.3 Å². The van der Waals surface area contributed by atoms with Crippen LogP contribution in [0.5, 0.6) is 0 Å². The van der Waals surface area contributed by atoms with Crippen LogP contribution in [0.4, 0.5) is 4.39 Å². The Morgan fingerprint density at radius 1 is 1.38 bits per heavy atom. The van der Waals surface area contributed by atoms with E-state index in [1.165, 1.54) is 11.8 Å². The van der Waals surface area contributed by atoms with Crippen LogP contribution < -0.4 is 5.32 Å². The molecule has 2 heterocycles. The normalized spacial score (nSPS) is 20.8. The summed E-state index contributed by atoms with van der Waals surface area (Å²) in [4.78, 5) is 3.32. The zero-order valence-corrected chi connectivity index (χ0v) is 10.3. The number of fused-ring (bicyclic) bond motifs is 1. The Kier molecular flexibility index (Phi) is 2.48. The summed E-state index contributed by atoms with van der Waals surface area (Å²) in [5, 5.41) is 4.40. The van der Waals surface area contributed by atoms with Crippen molar-refractivity contribution in [2.75, 3.05) is 13.1 Å². The van der Waals surface area contributed by atoms with Gasteiger partial charge in [0.25, 0.3) is 0 Å². The molecule has 0 bridgehead atoms. The van der Waals surface area contributed by atoms with Crippen molar-refractivity contribution in [3.63, 3.8) is 0 Å². The molecule has 2 N–H and O–H groups in total. The molecule has 1 aromatic carbocycles. The highest BCUT2D eigenvalue weighted by Crippen LogP contribution is 2.34. The van der Waals surface area contributed by atoms with E-state index in [4.69, 9.17) is 0 Å². The van der Waals surface area contributed by atoms with Crippen LogP contribution >= 0.6 is 15.9 Å². The molecule has 0 amide bonds. The third-order valence-corrected chi connectivity index (χ3v) is 4.05. The molecular weight excluding hydrogens is 271 g/mol. The quantitative estimate of drug-likeness (QED) is 0.826. The highest BCUT2D eigenvalue weighted by Gasteiger charge is 2.22. The van der Waals surface area contributed by atoms with Gasteiger partial charge in [0.2, 0.25) is 0 Å². The smallest absolute Gasteiger partial charge is 0.125 e. The monoisotopic (exact) mass is 282 g/mol. The van der Waals surface area contributed by atoms with Gasteiger partial charge in [0.15, 0.2) is 0 Å². The SMILES string of the molecule is Fc1ccc2c(Br)c(C3CCNC3)[nH]c2c1. The zero-order chi connectivity index (χ0) is 11.1. The Hall–Kier alpha value is -0.870. The number of benzene rings is 1. The Morgan fingerprint density at radius 3 is 3.00 bits per heavy atom. The van der Waals surface area contributed by atoms with Crippen molar-refractivity contribution in [2.45, 2.75) is 12.3 Å². The van der Waals surface area contributed by atoms with Crippen LogP contribution in [-0.2, 0) is 0 Å². The third-order valence-electron chi connectivity index (χ3n) is 3.19. The second-order valence-electron chi connectivity index (χ2n) is 4.23. The number of nitrogens with one attached hydrogen (secondary N) is 2. The standard InChI is InChI=1S/C12H12BrFN2/c13-11-9-2-1-8(14)5-10(9)16-12(11)7-3-4-15-6-7/h1-2,5,7,15-16H,3-4,6H2. The maximum atomic E-state index is 13.1. The van der Waals surface area contributed by atoms with Crippen molar-refractivity contribution in [2.24, 2.45) is 0 Å². The van der Waals surface area contributed by atoms with Crippen LogP contribution in [-0.4, -0.2) is 18.1 Å². The molecule has 1 unspecified atom stereocenters. The second kappa shape index (κ2) is 3.86. The molecule has 0 radical (unpaired) electrons. The minimum Gasteiger partial charge on any atom is -0.357 e. The van der Waals surface area contributed by atoms with Crippen LogP contribution in [0, 0.1) is 5.82 Å². The van der Waals surface area contributed by atoms with Crippen LogP contribution in [0.2, 0.25) is 0 Å². The summed E-state index contributed by atoms with van der Waals surface area (Å²) < 4.78 is 14.2. The first-order chi connectivity index (χ1) is 7.75. The Balaban J connectivity index is 2.14. The fourth-order valence-corrected chi connectivity index (χ4v) is 3.11. The molecule has 1 aliphatic rings.